The van der Waals surface area contributed by atoms with Gasteiger partial charge in [-0.3, -0.25) is 0 Å². The van der Waals surface area contributed by atoms with E-state index < -0.39 is 0 Å². The van der Waals surface area contributed by atoms with Gasteiger partial charge in [0.15, 0.2) is 5.11 Å². The van der Waals surface area contributed by atoms with E-state index in [9.17, 15) is 0 Å². The van der Waals surface area contributed by atoms with E-state index in [4.69, 9.17) is 18.0 Å². The van der Waals surface area contributed by atoms with Crippen LogP contribution in [0.1, 0.15) is 194 Å². The van der Waals surface area contributed by atoms with Crippen LogP contribution in [-0.4, -0.2) is 23.1 Å². The van der Waals surface area contributed by atoms with Crippen molar-refractivity contribution in [1.29, 1.82) is 0 Å². The molecular weight excluding hydrogens is 456 g/mol. The zero-order valence-electron chi connectivity index (χ0n) is 25.1. The predicted molar refractivity (Wildman–Crippen MR) is 169 cm³/mol. The summed E-state index contributed by atoms with van der Waals surface area (Å²) in [4.78, 5) is 2.26. The third-order valence-corrected chi connectivity index (χ3v) is 8.13. The van der Waals surface area contributed by atoms with Crippen molar-refractivity contribution >= 4 is 17.3 Å². The number of thiocarbonyl (C=S) groups is 1. The molecule has 216 valence electrons. The second-order valence-corrected chi connectivity index (χ2v) is 11.9. The molecule has 0 spiro atoms. The lowest BCUT2D eigenvalue weighted by atomic mass is 10.0. The fraction of sp³-hybridized carbons (Fsp3) is 0.970. The van der Waals surface area contributed by atoms with Crippen LogP contribution < -0.4 is 5.73 Å². The number of nitrogens with two attached hydrogens (primary N) is 1. The first-order chi connectivity index (χ1) is 17.7. The van der Waals surface area contributed by atoms with Crippen molar-refractivity contribution in [3.05, 3.63) is 0 Å². The van der Waals surface area contributed by atoms with Gasteiger partial charge < -0.3 is 10.6 Å². The Labute approximate surface area is 234 Å². The normalized spacial score (nSPS) is 11.3. The Kier molecular flexibility index (Phi) is 30.6. The number of rotatable bonds is 30. The van der Waals surface area contributed by atoms with Crippen LogP contribution in [0.5, 0.6) is 0 Å². The number of hydrogen-bond donors (Lipinski definition) is 1. The Bertz CT molecular complexity index is 394. The van der Waals surface area contributed by atoms with Crippen LogP contribution in [0, 0.1) is 0 Å². The van der Waals surface area contributed by atoms with Crippen LogP contribution in [0.25, 0.3) is 0 Å². The van der Waals surface area contributed by atoms with E-state index in [0.29, 0.717) is 5.11 Å². The zero-order valence-corrected chi connectivity index (χ0v) is 26.0. The van der Waals surface area contributed by atoms with Gasteiger partial charge in [0.2, 0.25) is 0 Å². The molecule has 0 aliphatic carbocycles. The topological polar surface area (TPSA) is 29.3 Å². The molecule has 2 nitrogen and oxygen atoms in total. The average molecular weight is 525 g/mol. The minimum atomic E-state index is 0.611. The Hall–Kier alpha value is -0.310. The standard InChI is InChI=1S/C33H68N2S/c1-3-5-7-9-11-13-15-17-19-21-23-25-27-29-31-35(33(34)36)32-30-28-26-24-22-20-18-16-14-12-10-8-6-4-2/h3-32H2,1-2H3,(H2,34,36). The molecule has 0 heterocycles. The summed E-state index contributed by atoms with van der Waals surface area (Å²) < 4.78 is 0. The highest BCUT2D eigenvalue weighted by Crippen LogP contribution is 2.15. The molecule has 3 heteroatoms. The maximum Gasteiger partial charge on any atom is 0.166 e. The highest BCUT2D eigenvalue weighted by molar-refractivity contribution is 7.80. The molecule has 0 aliphatic rings. The Balaban J connectivity index is 3.39. The third kappa shape index (κ3) is 28.3. The molecule has 0 aromatic carbocycles. The summed E-state index contributed by atoms with van der Waals surface area (Å²) in [6, 6.07) is 0. The highest BCUT2D eigenvalue weighted by atomic mass is 32.1. The van der Waals surface area contributed by atoms with Crippen LogP contribution in [0.3, 0.4) is 0 Å². The molecule has 0 saturated heterocycles. The maximum atomic E-state index is 6.00. The molecule has 0 fully saturated rings. The van der Waals surface area contributed by atoms with Crippen molar-refractivity contribution in [3.63, 3.8) is 0 Å². The van der Waals surface area contributed by atoms with Gasteiger partial charge in [0.1, 0.15) is 0 Å². The molecule has 0 amide bonds. The lowest BCUT2D eigenvalue weighted by Gasteiger charge is -2.22. The highest BCUT2D eigenvalue weighted by Gasteiger charge is 2.05. The van der Waals surface area contributed by atoms with Gasteiger partial charge in [-0.15, -0.1) is 0 Å². The lowest BCUT2D eigenvalue weighted by molar-refractivity contribution is 0.385. The summed E-state index contributed by atoms with van der Waals surface area (Å²) in [7, 11) is 0. The smallest absolute Gasteiger partial charge is 0.166 e. The maximum absolute atomic E-state index is 6.00. The molecule has 2 N–H and O–H groups in total. The van der Waals surface area contributed by atoms with E-state index in [-0.39, 0.29) is 0 Å². The van der Waals surface area contributed by atoms with Crippen LogP contribution in [0.2, 0.25) is 0 Å². The van der Waals surface area contributed by atoms with Crippen molar-refractivity contribution in [2.75, 3.05) is 13.1 Å². The van der Waals surface area contributed by atoms with Crippen LogP contribution in [0.15, 0.2) is 0 Å². The van der Waals surface area contributed by atoms with E-state index in [0.717, 1.165) is 13.1 Å². The second kappa shape index (κ2) is 30.9. The Morgan fingerprint density at radius 3 is 0.778 bits per heavy atom. The summed E-state index contributed by atoms with van der Waals surface area (Å²) in [5.74, 6) is 0. The fourth-order valence-electron chi connectivity index (χ4n) is 5.33. The van der Waals surface area contributed by atoms with Gasteiger partial charge in [-0.25, -0.2) is 0 Å². The summed E-state index contributed by atoms with van der Waals surface area (Å²) in [6.45, 7) is 6.72. The number of hydrogen-bond acceptors (Lipinski definition) is 1. The molecule has 0 aromatic rings. The van der Waals surface area contributed by atoms with Crippen molar-refractivity contribution in [2.24, 2.45) is 5.73 Å². The summed E-state index contributed by atoms with van der Waals surface area (Å²) in [6.07, 6.45) is 39.4. The van der Waals surface area contributed by atoms with Crippen molar-refractivity contribution in [3.8, 4) is 0 Å². The molecule has 0 aliphatic heterocycles. The second-order valence-electron chi connectivity index (χ2n) is 11.5. The largest absolute Gasteiger partial charge is 0.376 e. The van der Waals surface area contributed by atoms with E-state index in [2.05, 4.69) is 18.7 Å². The van der Waals surface area contributed by atoms with Gasteiger partial charge >= 0.3 is 0 Å². The van der Waals surface area contributed by atoms with E-state index in [1.165, 1.54) is 180 Å². The van der Waals surface area contributed by atoms with Crippen LogP contribution in [-0.2, 0) is 0 Å². The third-order valence-electron chi connectivity index (χ3n) is 7.87. The molecule has 0 saturated carbocycles. The summed E-state index contributed by atoms with van der Waals surface area (Å²) >= 11 is 5.32. The SMILES string of the molecule is CCCCCCCCCCCCCCCCN(CCCCCCCCCCCCCCCC)C(N)=S. The molecular formula is C33H68N2S. The monoisotopic (exact) mass is 525 g/mol. The Morgan fingerprint density at radius 1 is 0.389 bits per heavy atom. The lowest BCUT2D eigenvalue weighted by Crippen LogP contribution is -2.37. The van der Waals surface area contributed by atoms with Crippen LogP contribution in [0.4, 0.5) is 0 Å². The van der Waals surface area contributed by atoms with Crippen molar-refractivity contribution in [2.45, 2.75) is 194 Å². The summed E-state index contributed by atoms with van der Waals surface area (Å²) in [5, 5.41) is 0.611. The summed E-state index contributed by atoms with van der Waals surface area (Å²) in [5.41, 5.74) is 6.00. The first-order valence-electron chi connectivity index (χ1n) is 16.8. The molecule has 36 heavy (non-hydrogen) atoms. The van der Waals surface area contributed by atoms with E-state index in [1.54, 1.807) is 0 Å². The zero-order chi connectivity index (χ0) is 26.4. The molecule has 0 unspecified atom stereocenters. The number of unbranched alkanes of at least 4 members (excludes halogenated alkanes) is 26. The van der Waals surface area contributed by atoms with Gasteiger partial charge in [0.05, 0.1) is 0 Å². The Morgan fingerprint density at radius 2 is 0.583 bits per heavy atom. The quantitative estimate of drug-likeness (QED) is 0.0748. The molecule has 0 bridgehead atoms. The fourth-order valence-corrected chi connectivity index (χ4v) is 5.51. The molecule has 0 atom stereocenters. The van der Waals surface area contributed by atoms with Gasteiger partial charge in [-0.2, -0.15) is 0 Å². The first-order valence-corrected chi connectivity index (χ1v) is 17.2. The molecule has 0 rings (SSSR count). The van der Waals surface area contributed by atoms with Gasteiger partial charge in [-0.05, 0) is 25.1 Å². The van der Waals surface area contributed by atoms with Gasteiger partial charge in [-0.1, -0.05) is 181 Å². The van der Waals surface area contributed by atoms with Crippen molar-refractivity contribution in [1.82, 2.24) is 4.90 Å². The number of nitrogens with zero attached hydrogens (tertiary/aromatic N) is 1. The van der Waals surface area contributed by atoms with E-state index in [1.807, 2.05) is 0 Å². The first kappa shape index (κ1) is 35.7. The molecule has 0 radical (unpaired) electrons. The van der Waals surface area contributed by atoms with Crippen LogP contribution >= 0.6 is 12.2 Å². The van der Waals surface area contributed by atoms with E-state index >= 15 is 0 Å². The minimum Gasteiger partial charge on any atom is -0.376 e. The molecule has 0 aromatic heterocycles. The average Bonchev–Trinajstić information content (AvgIpc) is 2.87. The minimum absolute atomic E-state index is 0.611. The predicted octanol–water partition coefficient (Wildman–Crippen LogP) is 11.5. The van der Waals surface area contributed by atoms with Gasteiger partial charge in [0, 0.05) is 13.1 Å². The van der Waals surface area contributed by atoms with Crippen molar-refractivity contribution < 1.29 is 0 Å². The van der Waals surface area contributed by atoms with Gasteiger partial charge in [0.25, 0.3) is 0 Å².